The maximum Gasteiger partial charge on any atom is 0.262 e. The van der Waals surface area contributed by atoms with Crippen molar-refractivity contribution in [3.63, 3.8) is 0 Å². The van der Waals surface area contributed by atoms with Crippen molar-refractivity contribution < 1.29 is 28.2 Å². The zero-order chi connectivity index (χ0) is 22.9. The van der Waals surface area contributed by atoms with E-state index < -0.39 is 17.3 Å². The van der Waals surface area contributed by atoms with E-state index in [1.54, 1.807) is 0 Å². The van der Waals surface area contributed by atoms with Gasteiger partial charge in [0.05, 0.1) is 19.2 Å². The second kappa shape index (κ2) is 8.78. The Morgan fingerprint density at radius 2 is 1.88 bits per heavy atom. The minimum absolute atomic E-state index is 0.0165. The van der Waals surface area contributed by atoms with Gasteiger partial charge in [0.2, 0.25) is 11.8 Å². The molecule has 1 atom stereocenters. The Hall–Kier alpha value is -3.14. The first-order chi connectivity index (χ1) is 15.3. The molecule has 3 fully saturated rings. The SMILES string of the molecule is COc1ncnc(OC)c1C(=O)NC12CC(C1)C(NC(=O)COc1ccc(Cl)c(F)c1)C2. The first-order valence-electron chi connectivity index (χ1n) is 9.97. The number of fused-ring (bicyclic) bond motifs is 1. The molecule has 2 bridgehead atoms. The quantitative estimate of drug-likeness (QED) is 0.615. The van der Waals surface area contributed by atoms with Crippen molar-refractivity contribution in [3.05, 3.63) is 40.9 Å². The number of nitrogens with one attached hydrogen (secondary N) is 2. The smallest absolute Gasteiger partial charge is 0.262 e. The number of amides is 2. The van der Waals surface area contributed by atoms with Crippen molar-refractivity contribution in [1.29, 1.82) is 0 Å². The van der Waals surface area contributed by atoms with Gasteiger partial charge in [0.1, 0.15) is 17.9 Å². The van der Waals surface area contributed by atoms with Crippen LogP contribution in [0.15, 0.2) is 24.5 Å². The van der Waals surface area contributed by atoms with Gasteiger partial charge < -0.3 is 24.8 Å². The molecule has 3 aliphatic carbocycles. The Morgan fingerprint density at radius 1 is 1.19 bits per heavy atom. The largest absolute Gasteiger partial charge is 0.484 e. The number of ether oxygens (including phenoxy) is 3. The number of carbonyl (C=O) groups excluding carboxylic acids is 2. The van der Waals surface area contributed by atoms with Crippen LogP contribution < -0.4 is 24.8 Å². The van der Waals surface area contributed by atoms with Crippen LogP contribution in [0.2, 0.25) is 5.02 Å². The third-order valence-corrected chi connectivity index (χ3v) is 6.17. The van der Waals surface area contributed by atoms with Gasteiger partial charge in [-0.25, -0.2) is 14.4 Å². The van der Waals surface area contributed by atoms with Gasteiger partial charge in [-0.05, 0) is 37.3 Å². The fourth-order valence-corrected chi connectivity index (χ4v) is 4.55. The molecule has 0 radical (unpaired) electrons. The van der Waals surface area contributed by atoms with Crippen LogP contribution in [-0.2, 0) is 4.79 Å². The molecule has 1 aromatic heterocycles. The van der Waals surface area contributed by atoms with Crippen LogP contribution >= 0.6 is 11.6 Å². The lowest BCUT2D eigenvalue weighted by molar-refractivity contribution is -0.124. The highest BCUT2D eigenvalue weighted by Gasteiger charge is 2.57. The van der Waals surface area contributed by atoms with Crippen molar-refractivity contribution in [3.8, 4) is 17.5 Å². The summed E-state index contributed by atoms with van der Waals surface area (Å²) in [6, 6.07) is 3.89. The highest BCUT2D eigenvalue weighted by molar-refractivity contribution is 6.30. The predicted octanol–water partition coefficient (Wildman–Crippen LogP) is 2.13. The van der Waals surface area contributed by atoms with Gasteiger partial charge in [-0.2, -0.15) is 0 Å². The Balaban J connectivity index is 1.33. The molecule has 0 spiro atoms. The average Bonchev–Trinajstić information content (AvgIpc) is 3.27. The Morgan fingerprint density at radius 3 is 2.50 bits per heavy atom. The van der Waals surface area contributed by atoms with E-state index >= 15 is 0 Å². The second-order valence-corrected chi connectivity index (χ2v) is 8.32. The van der Waals surface area contributed by atoms with Gasteiger partial charge >= 0.3 is 0 Å². The topological polar surface area (TPSA) is 112 Å². The fourth-order valence-electron chi connectivity index (χ4n) is 4.43. The van der Waals surface area contributed by atoms with Crippen molar-refractivity contribution in [1.82, 2.24) is 20.6 Å². The summed E-state index contributed by atoms with van der Waals surface area (Å²) in [7, 11) is 2.83. The lowest BCUT2D eigenvalue weighted by Gasteiger charge is -2.39. The number of hydrogen-bond acceptors (Lipinski definition) is 7. The maximum atomic E-state index is 13.5. The molecule has 3 saturated carbocycles. The van der Waals surface area contributed by atoms with E-state index in [-0.39, 0.29) is 52.6 Å². The zero-order valence-electron chi connectivity index (χ0n) is 17.5. The van der Waals surface area contributed by atoms with Crippen LogP contribution in [-0.4, -0.2) is 54.2 Å². The molecular formula is C21H22ClFN4O5. The van der Waals surface area contributed by atoms with Crippen LogP contribution in [0.5, 0.6) is 17.5 Å². The average molecular weight is 465 g/mol. The van der Waals surface area contributed by atoms with Crippen LogP contribution in [0.3, 0.4) is 0 Å². The molecule has 1 heterocycles. The summed E-state index contributed by atoms with van der Waals surface area (Å²) in [6.07, 6.45) is 3.33. The number of rotatable bonds is 8. The molecule has 2 N–H and O–H groups in total. The normalized spacial score (nSPS) is 23.1. The van der Waals surface area contributed by atoms with E-state index in [0.717, 1.165) is 18.9 Å². The van der Waals surface area contributed by atoms with E-state index in [9.17, 15) is 14.0 Å². The van der Waals surface area contributed by atoms with Gasteiger partial charge in [-0.3, -0.25) is 9.59 Å². The number of hydrogen-bond donors (Lipinski definition) is 2. The molecule has 5 rings (SSSR count). The minimum atomic E-state index is -0.615. The third kappa shape index (κ3) is 4.27. The lowest BCUT2D eigenvalue weighted by Crippen LogP contribution is -2.52. The standard InChI is InChI=1S/C21H22ClFN4O5/c1-30-19-17(20(31-2)25-10-24-19)18(29)27-21-6-11(7-21)15(8-21)26-16(28)9-32-12-3-4-13(22)14(23)5-12/h3-5,10-11,15H,6-9H2,1-2H3,(H,26,28)(H,27,29). The fraction of sp³-hybridized carbons (Fsp3) is 0.429. The van der Waals surface area contributed by atoms with Crippen LogP contribution in [0, 0.1) is 11.7 Å². The van der Waals surface area contributed by atoms with Gasteiger partial charge in [0.15, 0.2) is 12.2 Å². The van der Waals surface area contributed by atoms with Crippen molar-refractivity contribution in [2.75, 3.05) is 20.8 Å². The van der Waals surface area contributed by atoms with Crippen LogP contribution in [0.1, 0.15) is 29.6 Å². The molecular weight excluding hydrogens is 443 g/mol. The number of nitrogens with zero attached hydrogens (tertiary/aromatic N) is 2. The van der Waals surface area contributed by atoms with Crippen molar-refractivity contribution in [2.24, 2.45) is 5.92 Å². The van der Waals surface area contributed by atoms with Crippen LogP contribution in [0.4, 0.5) is 4.39 Å². The van der Waals surface area contributed by atoms with Gasteiger partial charge in [0, 0.05) is 17.6 Å². The predicted molar refractivity (Wildman–Crippen MR) is 112 cm³/mol. The number of benzene rings is 1. The van der Waals surface area contributed by atoms with E-state index in [1.807, 2.05) is 0 Å². The number of halogens is 2. The molecule has 11 heteroatoms. The van der Waals surface area contributed by atoms with Crippen molar-refractivity contribution >= 4 is 23.4 Å². The van der Waals surface area contributed by atoms with Gasteiger partial charge in [-0.15, -0.1) is 0 Å². The summed E-state index contributed by atoms with van der Waals surface area (Å²) in [4.78, 5) is 33.2. The molecule has 0 saturated heterocycles. The summed E-state index contributed by atoms with van der Waals surface area (Å²) in [5.74, 6) is -0.606. The van der Waals surface area contributed by atoms with E-state index in [4.69, 9.17) is 25.8 Å². The molecule has 3 aliphatic rings. The molecule has 32 heavy (non-hydrogen) atoms. The number of carbonyl (C=O) groups is 2. The van der Waals surface area contributed by atoms with Gasteiger partial charge in [-0.1, -0.05) is 11.6 Å². The number of methoxy groups -OCH3 is 2. The third-order valence-electron chi connectivity index (χ3n) is 5.86. The second-order valence-electron chi connectivity index (χ2n) is 7.91. The molecule has 1 unspecified atom stereocenters. The monoisotopic (exact) mass is 464 g/mol. The molecule has 1 aromatic carbocycles. The Bertz CT molecular complexity index is 1020. The van der Waals surface area contributed by atoms with E-state index in [0.29, 0.717) is 6.42 Å². The first-order valence-corrected chi connectivity index (χ1v) is 10.3. The molecule has 0 aliphatic heterocycles. The lowest BCUT2D eigenvalue weighted by atomic mass is 9.76. The number of aromatic nitrogens is 2. The molecule has 9 nitrogen and oxygen atoms in total. The molecule has 170 valence electrons. The van der Waals surface area contributed by atoms with Crippen molar-refractivity contribution in [2.45, 2.75) is 30.8 Å². The Kier molecular flexibility index (Phi) is 6.05. The summed E-state index contributed by atoms with van der Waals surface area (Å²) < 4.78 is 29.2. The van der Waals surface area contributed by atoms with Crippen LogP contribution in [0.25, 0.3) is 0 Å². The van der Waals surface area contributed by atoms with E-state index in [1.165, 1.54) is 32.7 Å². The summed E-state index contributed by atoms with van der Waals surface area (Å²) in [6.45, 7) is -0.251. The summed E-state index contributed by atoms with van der Waals surface area (Å²) in [5, 5.41) is 5.97. The van der Waals surface area contributed by atoms with Gasteiger partial charge in [0.25, 0.3) is 11.8 Å². The summed E-state index contributed by atoms with van der Waals surface area (Å²) >= 11 is 5.64. The summed E-state index contributed by atoms with van der Waals surface area (Å²) in [5.41, 5.74) is -0.294. The minimum Gasteiger partial charge on any atom is -0.484 e. The highest BCUT2D eigenvalue weighted by Crippen LogP contribution is 2.52. The maximum absolute atomic E-state index is 13.5. The Labute approximate surface area is 188 Å². The molecule has 2 amide bonds. The highest BCUT2D eigenvalue weighted by atomic mass is 35.5. The van der Waals surface area contributed by atoms with E-state index in [2.05, 4.69) is 20.6 Å². The molecule has 2 aromatic rings. The first kappa shape index (κ1) is 22.1. The zero-order valence-corrected chi connectivity index (χ0v) is 18.2.